The maximum absolute atomic E-state index is 7.61. The van der Waals surface area contributed by atoms with Crippen LogP contribution in [0, 0.1) is 10.8 Å². The Morgan fingerprint density at radius 2 is 2.14 bits per heavy atom. The molecule has 1 aromatic carbocycles. The molecule has 0 unspecified atom stereocenters. The van der Waals surface area contributed by atoms with Gasteiger partial charge in [0.05, 0.1) is 12.7 Å². The first-order valence-corrected chi connectivity index (χ1v) is 10.7. The average Bonchev–Trinajstić information content (AvgIpc) is 3.19. The summed E-state index contributed by atoms with van der Waals surface area (Å²) in [6.07, 6.45) is 5.54. The third-order valence-corrected chi connectivity index (χ3v) is 6.31. The van der Waals surface area contributed by atoms with Gasteiger partial charge in [0.25, 0.3) is 0 Å². The van der Waals surface area contributed by atoms with Crippen molar-refractivity contribution in [3.63, 3.8) is 0 Å². The lowest BCUT2D eigenvalue weighted by Gasteiger charge is -2.50. The number of allylic oxidation sites excluding steroid dienone is 1. The molecule has 1 aliphatic rings. The average molecular weight is 415 g/mol. The summed E-state index contributed by atoms with van der Waals surface area (Å²) in [7, 11) is 5.50. The molecule has 0 spiro atoms. The maximum Gasteiger partial charge on any atom is 0.208 e. The molecule has 0 atom stereocenters. The minimum Gasteiger partial charge on any atom is -0.496 e. The molecule has 156 valence electrons. The molecule has 0 saturated carbocycles. The van der Waals surface area contributed by atoms with E-state index in [1.54, 1.807) is 24.6 Å². The molecule has 8 heteroatoms. The topological polar surface area (TPSA) is 86.2 Å². The number of rotatable bonds is 10. The molecule has 1 saturated heterocycles. The van der Waals surface area contributed by atoms with Crippen molar-refractivity contribution in [1.82, 2.24) is 20.8 Å². The SMILES string of the molecule is CCCC1(CNC)CN(c2nnc(-c3ccc(/C(C=N)=C/NC)cc3OC)s2)C1. The third kappa shape index (κ3) is 4.43. The summed E-state index contributed by atoms with van der Waals surface area (Å²) < 4.78 is 5.61. The lowest BCUT2D eigenvalue weighted by atomic mass is 9.76. The largest absolute Gasteiger partial charge is 0.496 e. The number of aromatic nitrogens is 2. The number of methoxy groups -OCH3 is 1. The van der Waals surface area contributed by atoms with Crippen LogP contribution in [0.5, 0.6) is 5.75 Å². The summed E-state index contributed by atoms with van der Waals surface area (Å²) >= 11 is 1.60. The lowest BCUT2D eigenvalue weighted by Crippen LogP contribution is -2.60. The lowest BCUT2D eigenvalue weighted by molar-refractivity contribution is 0.189. The molecule has 3 rings (SSSR count). The molecule has 0 amide bonds. The molecule has 0 aliphatic carbocycles. The van der Waals surface area contributed by atoms with Gasteiger partial charge >= 0.3 is 0 Å². The van der Waals surface area contributed by atoms with Crippen molar-refractivity contribution in [2.75, 3.05) is 45.7 Å². The highest BCUT2D eigenvalue weighted by molar-refractivity contribution is 7.18. The maximum atomic E-state index is 7.61. The Labute approximate surface area is 176 Å². The Bertz CT molecular complexity index is 864. The summed E-state index contributed by atoms with van der Waals surface area (Å²) in [6.45, 7) is 5.32. The monoisotopic (exact) mass is 414 g/mol. The van der Waals surface area contributed by atoms with Gasteiger partial charge in [0, 0.05) is 50.1 Å². The standard InChI is InChI=1S/C21H30N6OS/c1-5-8-21(12-24-3)13-27(14-21)20-26-25-19(29-20)17-7-6-15(9-18(17)28-4)16(10-22)11-23-2/h6-7,9-11,22-24H,5,8,12-14H2,1-4H3/b16-11+,22-10?. The fourth-order valence-corrected chi connectivity index (χ4v) is 4.90. The first-order chi connectivity index (χ1) is 14.1. The van der Waals surface area contributed by atoms with Gasteiger partial charge < -0.3 is 25.7 Å². The van der Waals surface area contributed by atoms with Crippen LogP contribution in [0.1, 0.15) is 25.3 Å². The van der Waals surface area contributed by atoms with Crippen LogP contribution in [0.25, 0.3) is 16.1 Å². The molecule has 2 aromatic rings. The van der Waals surface area contributed by atoms with E-state index in [9.17, 15) is 0 Å². The van der Waals surface area contributed by atoms with E-state index in [1.807, 2.05) is 32.3 Å². The summed E-state index contributed by atoms with van der Waals surface area (Å²) in [4.78, 5) is 2.32. The fourth-order valence-electron chi connectivity index (χ4n) is 4.03. The predicted molar refractivity (Wildman–Crippen MR) is 121 cm³/mol. The van der Waals surface area contributed by atoms with Crippen LogP contribution in [-0.2, 0) is 0 Å². The second-order valence-electron chi connectivity index (χ2n) is 7.47. The summed E-state index contributed by atoms with van der Waals surface area (Å²) in [5.41, 5.74) is 2.97. The molecular weight excluding hydrogens is 384 g/mol. The van der Waals surface area contributed by atoms with E-state index in [1.165, 1.54) is 19.1 Å². The smallest absolute Gasteiger partial charge is 0.208 e. The third-order valence-electron chi connectivity index (χ3n) is 5.29. The molecule has 7 nitrogen and oxygen atoms in total. The second-order valence-corrected chi connectivity index (χ2v) is 8.43. The van der Waals surface area contributed by atoms with Crippen LogP contribution in [0.2, 0.25) is 0 Å². The van der Waals surface area contributed by atoms with E-state index in [0.29, 0.717) is 5.41 Å². The van der Waals surface area contributed by atoms with Crippen LogP contribution in [0.3, 0.4) is 0 Å². The Balaban J connectivity index is 1.80. The van der Waals surface area contributed by atoms with Crippen molar-refractivity contribution in [3.8, 4) is 16.3 Å². The van der Waals surface area contributed by atoms with E-state index >= 15 is 0 Å². The van der Waals surface area contributed by atoms with Crippen LogP contribution >= 0.6 is 11.3 Å². The number of hydrogen-bond acceptors (Lipinski definition) is 8. The zero-order valence-electron chi connectivity index (χ0n) is 17.6. The van der Waals surface area contributed by atoms with Crippen LogP contribution in [-0.4, -0.2) is 57.3 Å². The van der Waals surface area contributed by atoms with Crippen molar-refractivity contribution < 1.29 is 4.74 Å². The zero-order valence-corrected chi connectivity index (χ0v) is 18.4. The molecule has 1 aliphatic heterocycles. The minimum absolute atomic E-state index is 0.345. The number of hydrogen-bond donors (Lipinski definition) is 3. The Kier molecular flexibility index (Phi) is 6.87. The van der Waals surface area contributed by atoms with E-state index in [4.69, 9.17) is 10.1 Å². The molecule has 1 fully saturated rings. The van der Waals surface area contributed by atoms with Gasteiger partial charge in [0.2, 0.25) is 5.13 Å². The van der Waals surface area contributed by atoms with E-state index in [-0.39, 0.29) is 0 Å². The van der Waals surface area contributed by atoms with E-state index < -0.39 is 0 Å². The second kappa shape index (κ2) is 9.37. The van der Waals surface area contributed by atoms with E-state index in [2.05, 4.69) is 32.7 Å². The normalized spacial score (nSPS) is 15.7. The minimum atomic E-state index is 0.345. The van der Waals surface area contributed by atoms with Crippen molar-refractivity contribution in [1.29, 1.82) is 5.41 Å². The van der Waals surface area contributed by atoms with Crippen LogP contribution < -0.4 is 20.3 Å². The van der Waals surface area contributed by atoms with Gasteiger partial charge in [-0.25, -0.2) is 0 Å². The first kappa shape index (κ1) is 21.3. The highest BCUT2D eigenvalue weighted by atomic mass is 32.1. The number of anilines is 1. The van der Waals surface area contributed by atoms with Gasteiger partial charge in [-0.2, -0.15) is 0 Å². The highest BCUT2D eigenvalue weighted by Gasteiger charge is 2.43. The number of nitrogens with one attached hydrogen (secondary N) is 3. The highest BCUT2D eigenvalue weighted by Crippen LogP contribution is 2.42. The van der Waals surface area contributed by atoms with Crippen molar-refractivity contribution in [2.45, 2.75) is 19.8 Å². The fraction of sp³-hybridized carbons (Fsp3) is 0.476. The Hall–Kier alpha value is -2.45. The van der Waals surface area contributed by atoms with Crippen molar-refractivity contribution in [3.05, 3.63) is 30.0 Å². The molecular formula is C21H30N6OS. The Morgan fingerprint density at radius 1 is 1.34 bits per heavy atom. The zero-order chi connectivity index (χ0) is 20.9. The molecule has 1 aromatic heterocycles. The molecule has 29 heavy (non-hydrogen) atoms. The quantitative estimate of drug-likeness (QED) is 0.518. The van der Waals surface area contributed by atoms with Crippen molar-refractivity contribution >= 4 is 28.3 Å². The van der Waals surface area contributed by atoms with Gasteiger partial charge in [-0.1, -0.05) is 30.7 Å². The Morgan fingerprint density at radius 3 is 2.76 bits per heavy atom. The molecule has 0 radical (unpaired) electrons. The van der Waals surface area contributed by atoms with Crippen molar-refractivity contribution in [2.24, 2.45) is 5.41 Å². The van der Waals surface area contributed by atoms with Crippen LogP contribution in [0.15, 0.2) is 24.4 Å². The van der Waals surface area contributed by atoms with Gasteiger partial charge in [-0.3, -0.25) is 0 Å². The van der Waals surface area contributed by atoms with Gasteiger partial charge in [0.15, 0.2) is 5.01 Å². The number of ether oxygens (including phenoxy) is 1. The summed E-state index contributed by atoms with van der Waals surface area (Å²) in [5, 5.41) is 24.6. The van der Waals surface area contributed by atoms with E-state index in [0.717, 1.165) is 52.2 Å². The molecule has 3 N–H and O–H groups in total. The summed E-state index contributed by atoms with van der Waals surface area (Å²) in [5.74, 6) is 0.730. The predicted octanol–water partition coefficient (Wildman–Crippen LogP) is 3.25. The molecule has 0 bridgehead atoms. The summed E-state index contributed by atoms with van der Waals surface area (Å²) in [6, 6.07) is 5.91. The molecule has 2 heterocycles. The van der Waals surface area contributed by atoms with Gasteiger partial charge in [0.1, 0.15) is 5.75 Å². The first-order valence-electron chi connectivity index (χ1n) is 9.89. The van der Waals surface area contributed by atoms with Gasteiger partial charge in [-0.15, -0.1) is 10.2 Å². The van der Waals surface area contributed by atoms with Gasteiger partial charge in [-0.05, 0) is 31.2 Å². The van der Waals surface area contributed by atoms with Crippen LogP contribution in [0.4, 0.5) is 5.13 Å². The number of nitrogens with zero attached hydrogens (tertiary/aromatic N) is 3. The number of benzene rings is 1.